The van der Waals surface area contributed by atoms with Gasteiger partial charge in [-0.15, -0.1) is 5.10 Å². The van der Waals surface area contributed by atoms with Gasteiger partial charge >= 0.3 is 0 Å². The number of hydrogen-bond donors (Lipinski definition) is 1. The van der Waals surface area contributed by atoms with E-state index in [1.54, 1.807) is 13.3 Å². The van der Waals surface area contributed by atoms with Crippen LogP contribution in [0.1, 0.15) is 25.6 Å². The van der Waals surface area contributed by atoms with Crippen LogP contribution in [0, 0.1) is 0 Å². The van der Waals surface area contributed by atoms with Crippen molar-refractivity contribution in [3.63, 3.8) is 0 Å². The summed E-state index contributed by atoms with van der Waals surface area (Å²) in [4.78, 5) is 9.39. The van der Waals surface area contributed by atoms with Crippen molar-refractivity contribution in [2.75, 3.05) is 7.11 Å². The summed E-state index contributed by atoms with van der Waals surface area (Å²) in [5, 5.41) is 11.4. The fraction of sp³-hybridized carbons (Fsp3) is 0.294. The van der Waals surface area contributed by atoms with Gasteiger partial charge in [-0.2, -0.15) is 5.10 Å². The van der Waals surface area contributed by atoms with E-state index in [9.17, 15) is 0 Å². The van der Waals surface area contributed by atoms with E-state index in [-0.39, 0.29) is 0 Å². The molecule has 2 aromatic rings. The molecule has 0 saturated carbocycles. The van der Waals surface area contributed by atoms with Crippen molar-refractivity contribution in [1.82, 2.24) is 29.8 Å². The second-order valence-corrected chi connectivity index (χ2v) is 5.68. The minimum Gasteiger partial charge on any atom is -0.497 e. The lowest BCUT2D eigenvalue weighted by Crippen LogP contribution is -2.05. The number of rotatable bonds is 5. The highest BCUT2D eigenvalue weighted by molar-refractivity contribution is 5.75. The van der Waals surface area contributed by atoms with Crippen LogP contribution in [0.15, 0.2) is 30.5 Å². The number of aromatic amines is 1. The number of fused-ring (bicyclic) bond motifs is 3. The highest BCUT2D eigenvalue weighted by Crippen LogP contribution is 2.27. The smallest absolute Gasteiger partial charge is 0.188 e. The van der Waals surface area contributed by atoms with Crippen LogP contribution < -0.4 is 4.74 Å². The summed E-state index contributed by atoms with van der Waals surface area (Å²) in [5.74, 6) is 3.12. The molecule has 7 nitrogen and oxygen atoms in total. The third kappa shape index (κ3) is 2.38. The first-order valence-corrected chi connectivity index (χ1v) is 8.03. The lowest BCUT2D eigenvalue weighted by atomic mass is 10.2. The van der Waals surface area contributed by atoms with Crippen molar-refractivity contribution in [1.29, 1.82) is 0 Å². The Kier molecular flexibility index (Phi) is 3.60. The molecule has 2 aliphatic rings. The van der Waals surface area contributed by atoms with Gasteiger partial charge in [0, 0.05) is 12.0 Å². The molecule has 0 unspecified atom stereocenters. The second-order valence-electron chi connectivity index (χ2n) is 5.68. The van der Waals surface area contributed by atoms with Crippen LogP contribution in [0.4, 0.5) is 0 Å². The molecule has 122 valence electrons. The van der Waals surface area contributed by atoms with E-state index in [1.807, 2.05) is 28.8 Å². The molecule has 0 bridgehead atoms. The molecule has 0 aliphatic carbocycles. The van der Waals surface area contributed by atoms with Crippen LogP contribution in [0.25, 0.3) is 28.4 Å². The van der Waals surface area contributed by atoms with Gasteiger partial charge in [-0.3, -0.25) is 5.10 Å². The average Bonchev–Trinajstić information content (AvgIpc) is 3.26. The van der Waals surface area contributed by atoms with E-state index in [0.717, 1.165) is 53.4 Å². The van der Waals surface area contributed by atoms with Gasteiger partial charge in [0.1, 0.15) is 11.6 Å². The van der Waals surface area contributed by atoms with E-state index in [1.165, 1.54) is 0 Å². The third-order valence-corrected chi connectivity index (χ3v) is 4.06. The molecule has 4 rings (SSSR count). The zero-order chi connectivity index (χ0) is 16.5. The minimum atomic E-state index is 0.643. The SMILES string of the molecule is CCCCc1nc2nncc-2c2nc(-c3cccc(OC)c3)[nH]n12. The van der Waals surface area contributed by atoms with Crippen molar-refractivity contribution in [2.45, 2.75) is 26.2 Å². The van der Waals surface area contributed by atoms with Gasteiger partial charge < -0.3 is 4.74 Å². The van der Waals surface area contributed by atoms with Crippen molar-refractivity contribution in [2.24, 2.45) is 0 Å². The van der Waals surface area contributed by atoms with Crippen LogP contribution in [0.2, 0.25) is 0 Å². The molecule has 0 atom stereocenters. The largest absolute Gasteiger partial charge is 0.497 e. The maximum absolute atomic E-state index is 5.30. The van der Waals surface area contributed by atoms with E-state index >= 15 is 0 Å². The summed E-state index contributed by atoms with van der Waals surface area (Å²) in [6.45, 7) is 2.16. The van der Waals surface area contributed by atoms with Gasteiger partial charge in [-0.25, -0.2) is 14.5 Å². The summed E-state index contributed by atoms with van der Waals surface area (Å²) < 4.78 is 7.24. The number of ether oxygens (including phenoxy) is 1. The van der Waals surface area contributed by atoms with Gasteiger partial charge in [0.25, 0.3) is 0 Å². The molecule has 3 heterocycles. The number of H-pyrrole nitrogens is 1. The molecule has 1 aromatic heterocycles. The first-order valence-electron chi connectivity index (χ1n) is 8.03. The summed E-state index contributed by atoms with van der Waals surface area (Å²) in [5.41, 5.74) is 2.61. The maximum atomic E-state index is 5.30. The molecule has 1 aromatic carbocycles. The number of nitrogens with zero attached hydrogens (tertiary/aromatic N) is 5. The first kappa shape index (κ1) is 14.6. The Bertz CT molecular complexity index is 957. The Morgan fingerprint density at radius 2 is 2.17 bits per heavy atom. The summed E-state index contributed by atoms with van der Waals surface area (Å²) in [6, 6.07) is 7.81. The van der Waals surface area contributed by atoms with Crippen molar-refractivity contribution < 1.29 is 4.74 Å². The Balaban J connectivity index is 1.90. The predicted molar refractivity (Wildman–Crippen MR) is 90.1 cm³/mol. The van der Waals surface area contributed by atoms with Gasteiger partial charge in [0.15, 0.2) is 17.3 Å². The molecule has 0 radical (unpaired) electrons. The van der Waals surface area contributed by atoms with Crippen LogP contribution in [-0.4, -0.2) is 36.9 Å². The zero-order valence-corrected chi connectivity index (χ0v) is 13.7. The van der Waals surface area contributed by atoms with E-state index < -0.39 is 0 Å². The van der Waals surface area contributed by atoms with Crippen LogP contribution in [0.5, 0.6) is 5.75 Å². The van der Waals surface area contributed by atoms with Gasteiger partial charge in [0.05, 0.1) is 18.9 Å². The van der Waals surface area contributed by atoms with E-state index in [0.29, 0.717) is 5.82 Å². The molecule has 2 aliphatic heterocycles. The highest BCUT2D eigenvalue weighted by atomic mass is 16.5. The van der Waals surface area contributed by atoms with E-state index in [2.05, 4.69) is 27.2 Å². The average molecular weight is 322 g/mol. The molecule has 0 saturated heterocycles. The topological polar surface area (TPSA) is 81.0 Å². The predicted octanol–water partition coefficient (Wildman–Crippen LogP) is 2.97. The number of unbranched alkanes of at least 4 members (excludes halogenated alkanes) is 1. The lowest BCUT2D eigenvalue weighted by Gasteiger charge is -2.06. The van der Waals surface area contributed by atoms with Crippen molar-refractivity contribution >= 4 is 5.65 Å². The molecule has 0 fully saturated rings. The van der Waals surface area contributed by atoms with Gasteiger partial charge in [-0.05, 0) is 18.6 Å². The molecule has 24 heavy (non-hydrogen) atoms. The molecule has 1 N–H and O–H groups in total. The van der Waals surface area contributed by atoms with Gasteiger partial charge in [0.2, 0.25) is 0 Å². The molecule has 0 amide bonds. The van der Waals surface area contributed by atoms with Gasteiger partial charge in [-0.1, -0.05) is 25.5 Å². The normalized spacial score (nSPS) is 11.4. The molecule has 0 spiro atoms. The molecule has 7 heteroatoms. The monoisotopic (exact) mass is 322 g/mol. The van der Waals surface area contributed by atoms with Crippen molar-refractivity contribution in [3.8, 4) is 28.5 Å². The summed E-state index contributed by atoms with van der Waals surface area (Å²) in [6.07, 6.45) is 4.73. The standard InChI is InChI=1S/C17H18N6O/c1-3-4-8-14-19-16-13(10-18-21-16)17-20-15(22-23(14)17)11-6-5-7-12(9-11)24-2/h5-7,9-10H,3-4,8H2,1-2H3,(H,20,22). The Hall–Kier alpha value is -2.96. The number of aromatic nitrogens is 6. The van der Waals surface area contributed by atoms with Crippen LogP contribution in [0.3, 0.4) is 0 Å². The number of hydrogen-bond acceptors (Lipinski definition) is 5. The van der Waals surface area contributed by atoms with Crippen molar-refractivity contribution in [3.05, 3.63) is 36.3 Å². The van der Waals surface area contributed by atoms with Crippen LogP contribution >= 0.6 is 0 Å². The minimum absolute atomic E-state index is 0.643. The Labute approximate surface area is 139 Å². The number of nitrogens with one attached hydrogen (secondary N) is 1. The summed E-state index contributed by atoms with van der Waals surface area (Å²) in [7, 11) is 1.66. The van der Waals surface area contributed by atoms with Crippen LogP contribution in [-0.2, 0) is 6.42 Å². The maximum Gasteiger partial charge on any atom is 0.188 e. The fourth-order valence-corrected chi connectivity index (χ4v) is 2.77. The number of benzene rings is 1. The Morgan fingerprint density at radius 3 is 3.00 bits per heavy atom. The quantitative estimate of drug-likeness (QED) is 0.611. The zero-order valence-electron chi connectivity index (χ0n) is 13.7. The fourth-order valence-electron chi connectivity index (χ4n) is 2.77. The molecular formula is C17H18N6O. The third-order valence-electron chi connectivity index (χ3n) is 4.06. The number of aryl methyl sites for hydroxylation is 1. The Morgan fingerprint density at radius 1 is 1.25 bits per heavy atom. The molecular weight excluding hydrogens is 304 g/mol. The number of methoxy groups -OCH3 is 1. The summed E-state index contributed by atoms with van der Waals surface area (Å²) >= 11 is 0. The second kappa shape index (κ2) is 5.92. The first-order chi connectivity index (χ1) is 11.8. The van der Waals surface area contributed by atoms with E-state index in [4.69, 9.17) is 9.72 Å². The highest BCUT2D eigenvalue weighted by Gasteiger charge is 2.19. The lowest BCUT2D eigenvalue weighted by molar-refractivity contribution is 0.415.